The van der Waals surface area contributed by atoms with Gasteiger partial charge in [-0.3, -0.25) is 9.59 Å². The average molecular weight is 295 g/mol. The van der Waals surface area contributed by atoms with Gasteiger partial charge in [0.25, 0.3) is 0 Å². The smallest absolute Gasteiger partial charge is 0.238 e. The van der Waals surface area contributed by atoms with Crippen molar-refractivity contribution in [3.05, 3.63) is 51.7 Å². The van der Waals surface area contributed by atoms with Crippen molar-refractivity contribution in [3.8, 4) is 0 Å². The highest BCUT2D eigenvalue weighted by atomic mass is 32.2. The van der Waals surface area contributed by atoms with E-state index in [4.69, 9.17) is 5.14 Å². The zero-order valence-corrected chi connectivity index (χ0v) is 11.2. The van der Waals surface area contributed by atoms with Gasteiger partial charge in [-0.2, -0.15) is 0 Å². The molecule has 0 atom stereocenters. The second-order valence-electron chi connectivity index (χ2n) is 3.76. The normalized spacial score (nSPS) is 11.2. The number of aldehydes is 1. The zero-order chi connectivity index (χ0) is 14.0. The van der Waals surface area contributed by atoms with Crippen LogP contribution >= 0.6 is 11.3 Å². The van der Waals surface area contributed by atoms with E-state index in [9.17, 15) is 18.0 Å². The first-order valence-corrected chi connectivity index (χ1v) is 7.55. The van der Waals surface area contributed by atoms with Crippen LogP contribution in [0, 0.1) is 0 Å². The lowest BCUT2D eigenvalue weighted by Crippen LogP contribution is -2.11. The summed E-state index contributed by atoms with van der Waals surface area (Å²) in [4.78, 5) is 22.9. The minimum absolute atomic E-state index is 0.0904. The number of hydrogen-bond donors (Lipinski definition) is 1. The van der Waals surface area contributed by atoms with Crippen LogP contribution in [-0.2, 0) is 10.0 Å². The molecule has 1 aromatic heterocycles. The van der Waals surface area contributed by atoms with Gasteiger partial charge in [-0.25, -0.2) is 13.6 Å². The number of benzene rings is 1. The molecule has 0 spiro atoms. The molecule has 0 radical (unpaired) electrons. The van der Waals surface area contributed by atoms with Crippen LogP contribution in [0.15, 0.2) is 40.6 Å². The highest BCUT2D eigenvalue weighted by molar-refractivity contribution is 7.89. The first-order chi connectivity index (χ1) is 8.91. The first-order valence-electron chi connectivity index (χ1n) is 5.13. The summed E-state index contributed by atoms with van der Waals surface area (Å²) in [7, 11) is -3.81. The van der Waals surface area contributed by atoms with Crippen molar-refractivity contribution in [1.29, 1.82) is 0 Å². The van der Waals surface area contributed by atoms with Gasteiger partial charge in [-0.15, -0.1) is 11.3 Å². The summed E-state index contributed by atoms with van der Waals surface area (Å²) in [6, 6.07) is 7.41. The molecule has 0 saturated carbocycles. The molecule has 5 nitrogen and oxygen atoms in total. The van der Waals surface area contributed by atoms with Crippen LogP contribution in [0.5, 0.6) is 0 Å². The number of nitrogens with two attached hydrogens (primary N) is 1. The highest BCUT2D eigenvalue weighted by Gasteiger charge is 2.16. The number of primary sulfonamides is 1. The quantitative estimate of drug-likeness (QED) is 0.682. The Labute approximate surface area is 113 Å². The van der Waals surface area contributed by atoms with Gasteiger partial charge in [-0.1, -0.05) is 18.2 Å². The van der Waals surface area contributed by atoms with Crippen molar-refractivity contribution in [1.82, 2.24) is 0 Å². The molecule has 1 heterocycles. The third kappa shape index (κ3) is 2.95. The second kappa shape index (κ2) is 5.04. The molecular formula is C12H9NO4S2. The molecule has 0 aliphatic rings. The van der Waals surface area contributed by atoms with Crippen molar-refractivity contribution in [2.75, 3.05) is 0 Å². The minimum Gasteiger partial charge on any atom is -0.298 e. The second-order valence-corrected chi connectivity index (χ2v) is 6.24. The number of ketones is 1. The Hall–Kier alpha value is -1.83. The average Bonchev–Trinajstić information content (AvgIpc) is 2.87. The van der Waals surface area contributed by atoms with E-state index < -0.39 is 10.0 Å². The van der Waals surface area contributed by atoms with E-state index in [1.807, 2.05) is 0 Å². The summed E-state index contributed by atoms with van der Waals surface area (Å²) in [6.45, 7) is 0. The summed E-state index contributed by atoms with van der Waals surface area (Å²) < 4.78 is 22.3. The molecule has 0 aliphatic heterocycles. The molecule has 0 saturated heterocycles. The molecule has 7 heteroatoms. The zero-order valence-electron chi connectivity index (χ0n) is 9.57. The molecule has 19 heavy (non-hydrogen) atoms. The maximum Gasteiger partial charge on any atom is 0.238 e. The third-order valence-electron chi connectivity index (χ3n) is 2.41. The topological polar surface area (TPSA) is 94.3 Å². The molecule has 2 N–H and O–H groups in total. The summed E-state index contributed by atoms with van der Waals surface area (Å²) in [5, 5.41) is 6.29. The number of thiophene rings is 1. The van der Waals surface area contributed by atoms with Crippen molar-refractivity contribution in [2.45, 2.75) is 4.90 Å². The van der Waals surface area contributed by atoms with Crippen LogP contribution in [-0.4, -0.2) is 20.5 Å². The van der Waals surface area contributed by atoms with Gasteiger partial charge < -0.3 is 0 Å². The summed E-state index contributed by atoms with van der Waals surface area (Å²) in [6.07, 6.45) is 0.640. The van der Waals surface area contributed by atoms with Crippen molar-refractivity contribution in [2.24, 2.45) is 5.14 Å². The fourth-order valence-electron chi connectivity index (χ4n) is 1.48. The lowest BCUT2D eigenvalue weighted by atomic mass is 10.1. The van der Waals surface area contributed by atoms with Gasteiger partial charge in [0.2, 0.25) is 15.8 Å². The summed E-state index contributed by atoms with van der Waals surface area (Å²) >= 11 is 0.996. The third-order valence-corrected chi connectivity index (χ3v) is 4.38. The number of sulfonamides is 1. The molecule has 0 unspecified atom stereocenters. The predicted molar refractivity (Wildman–Crippen MR) is 71.0 cm³/mol. The van der Waals surface area contributed by atoms with E-state index >= 15 is 0 Å². The van der Waals surface area contributed by atoms with Gasteiger partial charge in [-0.05, 0) is 12.1 Å². The molecule has 0 fully saturated rings. The van der Waals surface area contributed by atoms with E-state index in [1.165, 1.54) is 17.5 Å². The van der Waals surface area contributed by atoms with Crippen molar-refractivity contribution in [3.63, 3.8) is 0 Å². The monoisotopic (exact) mass is 295 g/mol. The van der Waals surface area contributed by atoms with Crippen molar-refractivity contribution >= 4 is 33.4 Å². The lowest BCUT2D eigenvalue weighted by molar-refractivity contribution is 0.104. The van der Waals surface area contributed by atoms with Crippen molar-refractivity contribution < 1.29 is 18.0 Å². The van der Waals surface area contributed by atoms with Gasteiger partial charge in [0.1, 0.15) is 6.29 Å². The highest BCUT2D eigenvalue weighted by Crippen LogP contribution is 2.21. The van der Waals surface area contributed by atoms with E-state index in [-0.39, 0.29) is 15.6 Å². The number of carbonyl (C=O) groups excluding carboxylic acids is 2. The number of carbonyl (C=O) groups is 2. The van der Waals surface area contributed by atoms with Crippen LogP contribution < -0.4 is 5.14 Å². The maximum atomic E-state index is 12.1. The number of rotatable bonds is 4. The Balaban J connectivity index is 2.39. The first kappa shape index (κ1) is 13.6. The van der Waals surface area contributed by atoms with Crippen LogP contribution in [0.4, 0.5) is 0 Å². The fourth-order valence-corrected chi connectivity index (χ4v) is 3.25. The van der Waals surface area contributed by atoms with E-state index in [0.717, 1.165) is 11.3 Å². The molecule has 2 rings (SSSR count). The van der Waals surface area contributed by atoms with Gasteiger partial charge in [0.15, 0.2) is 0 Å². The lowest BCUT2D eigenvalue weighted by Gasteiger charge is -1.98. The SMILES string of the molecule is NS(=O)(=O)c1csc(C(=O)c2cccc(C=O)c2)c1. The van der Waals surface area contributed by atoms with Crippen LogP contribution in [0.3, 0.4) is 0 Å². The van der Waals surface area contributed by atoms with Gasteiger partial charge in [0, 0.05) is 16.5 Å². The predicted octanol–water partition coefficient (Wildman–Crippen LogP) is 1.44. The molecule has 2 aromatic rings. The molecule has 0 amide bonds. The fraction of sp³-hybridized carbons (Fsp3) is 0. The summed E-state index contributed by atoms with van der Waals surface area (Å²) in [5.74, 6) is -0.344. The molecule has 0 bridgehead atoms. The molecular weight excluding hydrogens is 286 g/mol. The molecule has 1 aromatic carbocycles. The molecule has 0 aliphatic carbocycles. The Kier molecular flexibility index (Phi) is 3.61. The largest absolute Gasteiger partial charge is 0.298 e. The maximum absolute atomic E-state index is 12.1. The standard InChI is InChI=1S/C12H9NO4S2/c13-19(16,17)10-5-11(18-7-10)12(15)9-3-1-2-8(4-9)6-14/h1-7H,(H2,13,16,17). The Morgan fingerprint density at radius 3 is 2.58 bits per heavy atom. The van der Waals surface area contributed by atoms with E-state index in [0.29, 0.717) is 17.4 Å². The summed E-state index contributed by atoms with van der Waals surface area (Å²) in [5.41, 5.74) is 0.710. The van der Waals surface area contributed by atoms with Crippen LogP contribution in [0.25, 0.3) is 0 Å². The van der Waals surface area contributed by atoms with Gasteiger partial charge in [0.05, 0.1) is 9.77 Å². The minimum atomic E-state index is -3.81. The van der Waals surface area contributed by atoms with Crippen LogP contribution in [0.1, 0.15) is 25.6 Å². The van der Waals surface area contributed by atoms with E-state index in [2.05, 4.69) is 0 Å². The van der Waals surface area contributed by atoms with E-state index in [1.54, 1.807) is 18.2 Å². The van der Waals surface area contributed by atoms with Gasteiger partial charge >= 0.3 is 0 Å². The Morgan fingerprint density at radius 1 is 1.26 bits per heavy atom. The molecule has 98 valence electrons. The van der Waals surface area contributed by atoms with Crippen LogP contribution in [0.2, 0.25) is 0 Å². The number of hydrogen-bond acceptors (Lipinski definition) is 5. The Bertz CT molecular complexity index is 747. The Morgan fingerprint density at radius 2 is 2.00 bits per heavy atom.